The summed E-state index contributed by atoms with van der Waals surface area (Å²) in [6.45, 7) is 10.6. The van der Waals surface area contributed by atoms with E-state index in [0.717, 1.165) is 30.4 Å². The van der Waals surface area contributed by atoms with Gasteiger partial charge in [0.1, 0.15) is 6.10 Å². The summed E-state index contributed by atoms with van der Waals surface area (Å²) in [6, 6.07) is 5.70. The van der Waals surface area contributed by atoms with Crippen LogP contribution in [0.15, 0.2) is 18.2 Å². The van der Waals surface area contributed by atoms with Gasteiger partial charge in [0, 0.05) is 0 Å². The molecule has 2 rings (SSSR count). The molecule has 0 radical (unpaired) electrons. The van der Waals surface area contributed by atoms with Crippen LogP contribution in [0.2, 0.25) is 0 Å². The van der Waals surface area contributed by atoms with E-state index in [9.17, 15) is 4.79 Å². The molecule has 0 N–H and O–H groups in total. The SMILES string of the molecule is Cc1ccc(C(=O)OOC2CCCCC2C(C)(C)C)c(C)c1. The van der Waals surface area contributed by atoms with Crippen molar-refractivity contribution >= 4 is 5.97 Å². The molecule has 0 spiro atoms. The fourth-order valence-corrected chi connectivity index (χ4v) is 3.40. The number of rotatable bonds is 3. The predicted molar refractivity (Wildman–Crippen MR) is 87.6 cm³/mol. The minimum atomic E-state index is -0.393. The molecule has 0 aliphatic heterocycles. The Morgan fingerprint density at radius 1 is 1.14 bits per heavy atom. The van der Waals surface area contributed by atoms with Gasteiger partial charge in [-0.1, -0.05) is 51.3 Å². The van der Waals surface area contributed by atoms with Gasteiger partial charge in [0.15, 0.2) is 0 Å². The Labute approximate surface area is 133 Å². The fraction of sp³-hybridized carbons (Fsp3) is 0.632. The van der Waals surface area contributed by atoms with Gasteiger partial charge in [-0.25, -0.2) is 4.79 Å². The molecule has 1 aromatic rings. The molecule has 2 unspecified atom stereocenters. The number of carbonyl (C=O) groups is 1. The molecule has 1 fully saturated rings. The second-order valence-corrected chi connectivity index (χ2v) is 7.58. The average Bonchev–Trinajstić information content (AvgIpc) is 2.44. The maximum absolute atomic E-state index is 12.2. The molecular weight excluding hydrogens is 276 g/mol. The summed E-state index contributed by atoms with van der Waals surface area (Å²) in [5.74, 6) is 0.0314. The van der Waals surface area contributed by atoms with Crippen LogP contribution < -0.4 is 0 Å². The summed E-state index contributed by atoms with van der Waals surface area (Å²) in [5, 5.41) is 0. The van der Waals surface area contributed by atoms with Gasteiger partial charge in [0.2, 0.25) is 0 Å². The fourth-order valence-electron chi connectivity index (χ4n) is 3.40. The third kappa shape index (κ3) is 4.10. The highest BCUT2D eigenvalue weighted by Gasteiger charge is 2.36. The summed E-state index contributed by atoms with van der Waals surface area (Å²) in [4.78, 5) is 23.0. The topological polar surface area (TPSA) is 35.5 Å². The Morgan fingerprint density at radius 2 is 1.82 bits per heavy atom. The molecule has 1 saturated carbocycles. The van der Waals surface area contributed by atoms with Gasteiger partial charge in [0.25, 0.3) is 0 Å². The van der Waals surface area contributed by atoms with Crippen molar-refractivity contribution in [1.29, 1.82) is 0 Å². The quantitative estimate of drug-likeness (QED) is 0.582. The Hall–Kier alpha value is -1.35. The maximum Gasteiger partial charge on any atom is 0.373 e. The molecule has 0 aromatic heterocycles. The van der Waals surface area contributed by atoms with Gasteiger partial charge >= 0.3 is 5.97 Å². The second kappa shape index (κ2) is 6.82. The average molecular weight is 304 g/mol. The van der Waals surface area contributed by atoms with E-state index in [4.69, 9.17) is 9.78 Å². The molecule has 2 atom stereocenters. The first-order valence-corrected chi connectivity index (χ1v) is 8.24. The van der Waals surface area contributed by atoms with E-state index in [1.165, 1.54) is 6.42 Å². The van der Waals surface area contributed by atoms with Crippen molar-refractivity contribution in [3.63, 3.8) is 0 Å². The first kappa shape index (κ1) is 17.0. The van der Waals surface area contributed by atoms with E-state index in [1.807, 2.05) is 26.0 Å². The van der Waals surface area contributed by atoms with E-state index in [1.54, 1.807) is 6.07 Å². The highest BCUT2D eigenvalue weighted by molar-refractivity contribution is 5.90. The minimum absolute atomic E-state index is 0.00320. The van der Waals surface area contributed by atoms with Gasteiger partial charge in [-0.15, -0.1) is 0 Å². The van der Waals surface area contributed by atoms with Crippen LogP contribution in [0, 0.1) is 25.2 Å². The van der Waals surface area contributed by atoms with Crippen LogP contribution >= 0.6 is 0 Å². The lowest BCUT2D eigenvalue weighted by atomic mass is 9.71. The molecule has 1 aliphatic carbocycles. The molecule has 3 nitrogen and oxygen atoms in total. The number of hydrogen-bond acceptors (Lipinski definition) is 3. The number of hydrogen-bond donors (Lipinski definition) is 0. The van der Waals surface area contributed by atoms with Crippen molar-refractivity contribution in [2.75, 3.05) is 0 Å². The molecule has 0 heterocycles. The van der Waals surface area contributed by atoms with E-state index in [0.29, 0.717) is 11.5 Å². The third-order valence-corrected chi connectivity index (χ3v) is 4.66. The van der Waals surface area contributed by atoms with Gasteiger partial charge in [0.05, 0.1) is 5.56 Å². The molecule has 0 saturated heterocycles. The first-order chi connectivity index (χ1) is 10.3. The van der Waals surface area contributed by atoms with Crippen LogP contribution in [0.5, 0.6) is 0 Å². The predicted octanol–water partition coefficient (Wildman–Crippen LogP) is 5.00. The van der Waals surface area contributed by atoms with Crippen LogP contribution in [0.1, 0.15) is 67.9 Å². The van der Waals surface area contributed by atoms with Crippen molar-refractivity contribution in [1.82, 2.24) is 0 Å². The zero-order valence-corrected chi connectivity index (χ0v) is 14.4. The zero-order chi connectivity index (χ0) is 16.3. The van der Waals surface area contributed by atoms with Crippen LogP contribution in [0.4, 0.5) is 0 Å². The second-order valence-electron chi connectivity index (χ2n) is 7.58. The summed E-state index contributed by atoms with van der Waals surface area (Å²) >= 11 is 0. The Bertz CT molecular complexity index is 528. The molecule has 1 aromatic carbocycles. The lowest BCUT2D eigenvalue weighted by molar-refractivity contribution is -0.297. The van der Waals surface area contributed by atoms with Crippen LogP contribution in [-0.4, -0.2) is 12.1 Å². The smallest absolute Gasteiger partial charge is 0.293 e. The normalized spacial score (nSPS) is 22.4. The van der Waals surface area contributed by atoms with Crippen molar-refractivity contribution < 1.29 is 14.6 Å². The van der Waals surface area contributed by atoms with Crippen LogP contribution in [0.3, 0.4) is 0 Å². The van der Waals surface area contributed by atoms with Crippen molar-refractivity contribution in [2.45, 2.75) is 66.4 Å². The number of aryl methyl sites for hydroxylation is 2. The summed E-state index contributed by atoms with van der Waals surface area (Å²) < 4.78 is 0. The standard InChI is InChI=1S/C19H28O3/c1-13-10-11-15(14(2)12-13)18(20)22-21-17-9-7-6-8-16(17)19(3,4)5/h10-12,16-17H,6-9H2,1-5H3. The number of benzene rings is 1. The van der Waals surface area contributed by atoms with Crippen LogP contribution in [-0.2, 0) is 9.78 Å². The third-order valence-electron chi connectivity index (χ3n) is 4.66. The summed E-state index contributed by atoms with van der Waals surface area (Å²) in [5.41, 5.74) is 2.80. The van der Waals surface area contributed by atoms with Gasteiger partial charge in [-0.05, 0) is 49.7 Å². The summed E-state index contributed by atoms with van der Waals surface area (Å²) in [7, 11) is 0. The zero-order valence-electron chi connectivity index (χ0n) is 14.4. The van der Waals surface area contributed by atoms with Crippen molar-refractivity contribution in [3.05, 3.63) is 34.9 Å². The highest BCUT2D eigenvalue weighted by atomic mass is 17.2. The molecule has 0 bridgehead atoms. The Morgan fingerprint density at radius 3 is 2.45 bits per heavy atom. The van der Waals surface area contributed by atoms with E-state index < -0.39 is 5.97 Å². The molecule has 3 heteroatoms. The van der Waals surface area contributed by atoms with E-state index >= 15 is 0 Å². The van der Waals surface area contributed by atoms with Gasteiger partial charge < -0.3 is 0 Å². The molecular formula is C19H28O3. The largest absolute Gasteiger partial charge is 0.373 e. The highest BCUT2D eigenvalue weighted by Crippen LogP contribution is 2.39. The Kier molecular flexibility index (Phi) is 5.28. The minimum Gasteiger partial charge on any atom is -0.293 e. The Balaban J connectivity index is 2.00. The monoisotopic (exact) mass is 304 g/mol. The lowest BCUT2D eigenvalue weighted by Gasteiger charge is -2.38. The van der Waals surface area contributed by atoms with E-state index in [2.05, 4.69) is 20.8 Å². The van der Waals surface area contributed by atoms with Crippen LogP contribution in [0.25, 0.3) is 0 Å². The molecule has 122 valence electrons. The molecule has 0 amide bonds. The molecule has 22 heavy (non-hydrogen) atoms. The van der Waals surface area contributed by atoms with Crippen molar-refractivity contribution in [2.24, 2.45) is 11.3 Å². The maximum atomic E-state index is 12.2. The first-order valence-electron chi connectivity index (χ1n) is 8.24. The number of carbonyl (C=O) groups excluding carboxylic acids is 1. The van der Waals surface area contributed by atoms with E-state index in [-0.39, 0.29) is 11.5 Å². The van der Waals surface area contributed by atoms with Gasteiger partial charge in [-0.2, -0.15) is 4.89 Å². The van der Waals surface area contributed by atoms with Crippen molar-refractivity contribution in [3.8, 4) is 0 Å². The summed E-state index contributed by atoms with van der Waals surface area (Å²) in [6.07, 6.45) is 4.46. The lowest BCUT2D eigenvalue weighted by Crippen LogP contribution is -2.37. The van der Waals surface area contributed by atoms with Gasteiger partial charge in [-0.3, -0.25) is 4.89 Å². The molecule has 1 aliphatic rings.